The largest absolute Gasteiger partial charge is 0.343 e. The van der Waals surface area contributed by atoms with Crippen LogP contribution in [0.3, 0.4) is 0 Å². The molecule has 1 aliphatic heterocycles. The van der Waals surface area contributed by atoms with E-state index in [1.54, 1.807) is 0 Å². The Labute approximate surface area is 139 Å². The fourth-order valence-corrected chi connectivity index (χ4v) is 2.50. The van der Waals surface area contributed by atoms with E-state index in [0.29, 0.717) is 6.42 Å². The Morgan fingerprint density at radius 1 is 1.43 bits per heavy atom. The molecule has 1 heterocycles. The van der Waals surface area contributed by atoms with Gasteiger partial charge in [-0.15, -0.1) is 12.4 Å². The summed E-state index contributed by atoms with van der Waals surface area (Å²) in [5, 5.41) is 2.55. The van der Waals surface area contributed by atoms with E-state index in [0.717, 1.165) is 23.5 Å². The van der Waals surface area contributed by atoms with Crippen LogP contribution in [0.5, 0.6) is 0 Å². The second-order valence-corrected chi connectivity index (χ2v) is 5.31. The summed E-state index contributed by atoms with van der Waals surface area (Å²) < 4.78 is 27.5. The van der Waals surface area contributed by atoms with Crippen LogP contribution in [0.25, 0.3) is 0 Å². The summed E-state index contributed by atoms with van der Waals surface area (Å²) in [4.78, 5) is 25.1. The van der Waals surface area contributed by atoms with Crippen molar-refractivity contribution in [1.82, 2.24) is 5.32 Å². The van der Waals surface area contributed by atoms with Gasteiger partial charge in [0.05, 0.1) is 6.04 Å². The van der Waals surface area contributed by atoms with Crippen LogP contribution in [0.2, 0.25) is 0 Å². The van der Waals surface area contributed by atoms with Crippen molar-refractivity contribution in [2.24, 2.45) is 5.73 Å². The van der Waals surface area contributed by atoms with Gasteiger partial charge in [-0.3, -0.25) is 9.59 Å². The van der Waals surface area contributed by atoms with E-state index in [-0.39, 0.29) is 31.1 Å². The maximum Gasteiger partial charge on any atom is 0.249 e. The van der Waals surface area contributed by atoms with E-state index in [1.165, 1.54) is 6.07 Å². The maximum absolute atomic E-state index is 13.8. The van der Waals surface area contributed by atoms with E-state index in [2.05, 4.69) is 5.32 Å². The fourth-order valence-electron chi connectivity index (χ4n) is 2.50. The second-order valence-electron chi connectivity index (χ2n) is 5.31. The number of nitrogens with one attached hydrogen (secondary N) is 1. The van der Waals surface area contributed by atoms with Gasteiger partial charge in [-0.2, -0.15) is 0 Å². The van der Waals surface area contributed by atoms with Crippen molar-refractivity contribution >= 4 is 29.9 Å². The molecular formula is C15H20ClF2N3O2. The van der Waals surface area contributed by atoms with E-state index in [9.17, 15) is 18.4 Å². The summed E-state index contributed by atoms with van der Waals surface area (Å²) in [7, 11) is 0. The van der Waals surface area contributed by atoms with Crippen LogP contribution in [-0.4, -0.2) is 30.4 Å². The van der Waals surface area contributed by atoms with Crippen molar-refractivity contribution < 1.29 is 18.4 Å². The van der Waals surface area contributed by atoms with Crippen molar-refractivity contribution in [3.8, 4) is 0 Å². The maximum atomic E-state index is 13.8. The third-order valence-electron chi connectivity index (χ3n) is 3.67. The molecule has 0 saturated carbocycles. The number of nitrogens with two attached hydrogens (primary N) is 1. The molecule has 3 N–H and O–H groups in total. The molecular weight excluding hydrogens is 328 g/mol. The number of carbonyl (C=O) groups excluding carboxylic acids is 2. The Hall–Kier alpha value is -1.73. The average molecular weight is 348 g/mol. The molecule has 0 spiro atoms. The molecule has 1 aliphatic rings. The van der Waals surface area contributed by atoms with Crippen molar-refractivity contribution in [2.75, 3.05) is 11.4 Å². The quantitative estimate of drug-likeness (QED) is 0.851. The molecule has 8 heteroatoms. The van der Waals surface area contributed by atoms with Gasteiger partial charge in [0, 0.05) is 6.54 Å². The predicted octanol–water partition coefficient (Wildman–Crippen LogP) is 1.74. The zero-order valence-electron chi connectivity index (χ0n) is 12.7. The van der Waals surface area contributed by atoms with Gasteiger partial charge in [0.2, 0.25) is 11.8 Å². The van der Waals surface area contributed by atoms with Crippen LogP contribution in [0.4, 0.5) is 14.5 Å². The molecule has 2 amide bonds. The Morgan fingerprint density at radius 3 is 2.61 bits per heavy atom. The van der Waals surface area contributed by atoms with Gasteiger partial charge in [0.15, 0.2) is 0 Å². The molecule has 0 aromatic heterocycles. The van der Waals surface area contributed by atoms with Crippen molar-refractivity contribution in [3.63, 3.8) is 0 Å². The summed E-state index contributed by atoms with van der Waals surface area (Å²) in [5.74, 6) is -2.55. The summed E-state index contributed by atoms with van der Waals surface area (Å²) in [6.07, 6.45) is 1.55. The highest BCUT2D eigenvalue weighted by Gasteiger charge is 2.36. The average Bonchev–Trinajstić information content (AvgIpc) is 2.81. The fraction of sp³-hybridized carbons (Fsp3) is 0.467. The molecule has 1 saturated heterocycles. The minimum Gasteiger partial charge on any atom is -0.343 e. The summed E-state index contributed by atoms with van der Waals surface area (Å²) in [5.41, 5.74) is 5.32. The molecule has 0 aliphatic carbocycles. The normalized spacial score (nSPS) is 18.5. The predicted molar refractivity (Wildman–Crippen MR) is 85.4 cm³/mol. The second kappa shape index (κ2) is 8.21. The number of benzene rings is 1. The zero-order valence-corrected chi connectivity index (χ0v) is 13.5. The van der Waals surface area contributed by atoms with Crippen LogP contribution < -0.4 is 16.0 Å². The number of nitrogens with zero attached hydrogens (tertiary/aromatic N) is 1. The Bertz CT molecular complexity index is 566. The van der Waals surface area contributed by atoms with Gasteiger partial charge in [-0.1, -0.05) is 19.4 Å². The highest BCUT2D eigenvalue weighted by molar-refractivity contribution is 6.01. The molecule has 2 unspecified atom stereocenters. The summed E-state index contributed by atoms with van der Waals surface area (Å²) >= 11 is 0. The standard InChI is InChI=1S/C15H19F2N3O2.ClH/c1-2-4-11(18)14(21)19-12-7-8-20(15(12)22)13-9(16)5-3-6-10(13)17;/h3,5-6,11-12H,2,4,7-8,18H2,1H3,(H,19,21);1H. The van der Waals surface area contributed by atoms with Gasteiger partial charge < -0.3 is 16.0 Å². The SMILES string of the molecule is CCCC(N)C(=O)NC1CCN(c2c(F)cccc2F)C1=O.Cl. The van der Waals surface area contributed by atoms with Crippen LogP contribution in [-0.2, 0) is 9.59 Å². The molecule has 5 nitrogen and oxygen atoms in total. The molecule has 1 aromatic rings. The third-order valence-corrected chi connectivity index (χ3v) is 3.67. The summed E-state index contributed by atoms with van der Waals surface area (Å²) in [6, 6.07) is 1.94. The lowest BCUT2D eigenvalue weighted by molar-refractivity contribution is -0.127. The van der Waals surface area contributed by atoms with Gasteiger partial charge in [-0.25, -0.2) is 8.78 Å². The molecule has 23 heavy (non-hydrogen) atoms. The van der Waals surface area contributed by atoms with E-state index >= 15 is 0 Å². The first-order valence-electron chi connectivity index (χ1n) is 7.27. The van der Waals surface area contributed by atoms with Crippen molar-refractivity contribution in [1.29, 1.82) is 0 Å². The highest BCUT2D eigenvalue weighted by atomic mass is 35.5. The van der Waals surface area contributed by atoms with Gasteiger partial charge >= 0.3 is 0 Å². The Morgan fingerprint density at radius 2 is 2.04 bits per heavy atom. The van der Waals surface area contributed by atoms with Crippen LogP contribution in [0, 0.1) is 11.6 Å². The van der Waals surface area contributed by atoms with E-state index < -0.39 is 35.5 Å². The van der Waals surface area contributed by atoms with Crippen LogP contribution in [0.15, 0.2) is 18.2 Å². The molecule has 1 aromatic carbocycles. The lowest BCUT2D eigenvalue weighted by atomic mass is 10.1. The molecule has 1 fully saturated rings. The van der Waals surface area contributed by atoms with Crippen LogP contribution in [0.1, 0.15) is 26.2 Å². The first kappa shape index (κ1) is 19.3. The van der Waals surface area contributed by atoms with Gasteiger partial charge in [0.25, 0.3) is 0 Å². The number of rotatable bonds is 5. The highest BCUT2D eigenvalue weighted by Crippen LogP contribution is 2.27. The zero-order chi connectivity index (χ0) is 16.3. The lowest BCUT2D eigenvalue weighted by Crippen LogP contribution is -2.48. The molecule has 2 rings (SSSR count). The smallest absolute Gasteiger partial charge is 0.249 e. The minimum absolute atomic E-state index is 0. The number of hydrogen-bond donors (Lipinski definition) is 2. The monoisotopic (exact) mass is 347 g/mol. The number of anilines is 1. The van der Waals surface area contributed by atoms with Crippen molar-refractivity contribution in [2.45, 2.75) is 38.3 Å². The number of carbonyl (C=O) groups is 2. The van der Waals surface area contributed by atoms with Gasteiger partial charge in [-0.05, 0) is 25.0 Å². The summed E-state index contributed by atoms with van der Waals surface area (Å²) in [6.45, 7) is 2.04. The number of para-hydroxylation sites is 1. The Balaban J connectivity index is 0.00000264. The first-order chi connectivity index (χ1) is 10.5. The molecule has 2 atom stereocenters. The first-order valence-corrected chi connectivity index (χ1v) is 7.27. The van der Waals surface area contributed by atoms with Crippen molar-refractivity contribution in [3.05, 3.63) is 29.8 Å². The Kier molecular flexibility index (Phi) is 6.90. The number of hydrogen-bond acceptors (Lipinski definition) is 3. The third kappa shape index (κ3) is 4.17. The number of halogens is 3. The lowest BCUT2D eigenvalue weighted by Gasteiger charge is -2.19. The van der Waals surface area contributed by atoms with E-state index in [4.69, 9.17) is 5.73 Å². The minimum atomic E-state index is -0.803. The van der Waals surface area contributed by atoms with Crippen LogP contribution >= 0.6 is 12.4 Å². The molecule has 0 bridgehead atoms. The molecule has 128 valence electrons. The topological polar surface area (TPSA) is 75.4 Å². The van der Waals surface area contributed by atoms with E-state index in [1.807, 2.05) is 6.92 Å². The number of amides is 2. The van der Waals surface area contributed by atoms with Gasteiger partial charge in [0.1, 0.15) is 23.4 Å². The molecule has 0 radical (unpaired) electrons.